The van der Waals surface area contributed by atoms with Gasteiger partial charge in [0.15, 0.2) is 0 Å². The van der Waals surface area contributed by atoms with Crippen molar-refractivity contribution in [3.8, 4) is 0 Å². The Morgan fingerprint density at radius 3 is 2.12 bits per heavy atom. The van der Waals surface area contributed by atoms with Crippen molar-refractivity contribution in [1.29, 1.82) is 0 Å². The third-order valence-electron chi connectivity index (χ3n) is 8.71. The van der Waals surface area contributed by atoms with Gasteiger partial charge in [0, 0.05) is 25.0 Å². The van der Waals surface area contributed by atoms with Crippen LogP contribution in [0.2, 0.25) is 0 Å². The van der Waals surface area contributed by atoms with E-state index in [0.717, 1.165) is 37.7 Å². The monoisotopic (exact) mass is 460 g/mol. The summed E-state index contributed by atoms with van der Waals surface area (Å²) in [5.74, 6) is 2.11. The largest absolute Gasteiger partial charge is 0.383 e. The van der Waals surface area contributed by atoms with Crippen LogP contribution in [0.15, 0.2) is 29.2 Å². The first kappa shape index (κ1) is 22.4. The van der Waals surface area contributed by atoms with Crippen molar-refractivity contribution >= 4 is 15.9 Å². The highest BCUT2D eigenvalue weighted by atomic mass is 32.2. The molecule has 2 N–H and O–H groups in total. The normalized spacial score (nSPS) is 33.9. The number of hydrogen-bond acceptors (Lipinski definition) is 4. The van der Waals surface area contributed by atoms with Crippen LogP contribution >= 0.6 is 0 Å². The van der Waals surface area contributed by atoms with E-state index in [1.807, 2.05) is 19.1 Å². The van der Waals surface area contributed by atoms with E-state index in [1.165, 1.54) is 19.3 Å². The Bertz CT molecular complexity index is 915. The fraction of sp³-hybridized carbons (Fsp3) is 0.720. The standard InChI is InChI=1S/C25H36N2O4S/c1-17-2-4-22(5-3-17)32(30,31)27-8-6-18(7-9-27)16-26-24(29)23(28)25-13-19-10-20(14-25)12-21(11-19)15-25/h2-5,18-21,23,28H,6-16H2,1H3,(H,26,29). The summed E-state index contributed by atoms with van der Waals surface area (Å²) in [6, 6.07) is 6.99. The summed E-state index contributed by atoms with van der Waals surface area (Å²) < 4.78 is 27.3. The van der Waals surface area contributed by atoms with Crippen LogP contribution < -0.4 is 5.32 Å². The fourth-order valence-electron chi connectivity index (χ4n) is 7.35. The van der Waals surface area contributed by atoms with E-state index in [1.54, 1.807) is 16.4 Å². The first-order valence-corrected chi connectivity index (χ1v) is 13.7. The van der Waals surface area contributed by atoms with Gasteiger partial charge in [-0.15, -0.1) is 0 Å². The number of amides is 1. The number of aliphatic hydroxyl groups excluding tert-OH is 1. The van der Waals surface area contributed by atoms with Gasteiger partial charge in [-0.05, 0) is 94.1 Å². The van der Waals surface area contributed by atoms with Crippen LogP contribution in [-0.2, 0) is 14.8 Å². The fourth-order valence-corrected chi connectivity index (χ4v) is 8.81. The first-order chi connectivity index (χ1) is 15.2. The Kier molecular flexibility index (Phi) is 5.87. The molecule has 0 aromatic heterocycles. The molecule has 1 aliphatic heterocycles. The van der Waals surface area contributed by atoms with E-state index < -0.39 is 16.1 Å². The van der Waals surface area contributed by atoms with Crippen LogP contribution in [0.1, 0.15) is 56.9 Å². The average molecular weight is 461 g/mol. The Morgan fingerprint density at radius 1 is 1.06 bits per heavy atom. The lowest BCUT2D eigenvalue weighted by molar-refractivity contribution is -0.155. The lowest BCUT2D eigenvalue weighted by Crippen LogP contribution is -2.56. The minimum atomic E-state index is -3.47. The topological polar surface area (TPSA) is 86.7 Å². The summed E-state index contributed by atoms with van der Waals surface area (Å²) in [6.07, 6.45) is 7.41. The second kappa shape index (κ2) is 8.41. The third-order valence-corrected chi connectivity index (χ3v) is 10.6. The highest BCUT2D eigenvalue weighted by molar-refractivity contribution is 7.89. The summed E-state index contributed by atoms with van der Waals surface area (Å²) in [5.41, 5.74) is 0.832. The summed E-state index contributed by atoms with van der Waals surface area (Å²) in [7, 11) is -3.47. The van der Waals surface area contributed by atoms with Gasteiger partial charge in [-0.25, -0.2) is 8.42 Å². The molecule has 4 bridgehead atoms. The molecule has 7 heteroatoms. The smallest absolute Gasteiger partial charge is 0.249 e. The number of hydrogen-bond donors (Lipinski definition) is 2. The zero-order chi connectivity index (χ0) is 22.5. The second-order valence-corrected chi connectivity index (χ2v) is 13.0. The zero-order valence-corrected chi connectivity index (χ0v) is 19.8. The van der Waals surface area contributed by atoms with Crippen molar-refractivity contribution in [1.82, 2.24) is 9.62 Å². The van der Waals surface area contributed by atoms with Crippen LogP contribution in [0, 0.1) is 36.0 Å². The molecule has 0 radical (unpaired) electrons. The molecule has 1 atom stereocenters. The van der Waals surface area contributed by atoms with Crippen LogP contribution in [0.5, 0.6) is 0 Å². The molecule has 176 valence electrons. The quantitative estimate of drug-likeness (QED) is 0.683. The van der Waals surface area contributed by atoms with Crippen molar-refractivity contribution in [2.24, 2.45) is 29.1 Å². The maximum atomic E-state index is 12.9. The average Bonchev–Trinajstić information content (AvgIpc) is 2.76. The van der Waals surface area contributed by atoms with E-state index in [-0.39, 0.29) is 17.2 Å². The van der Waals surface area contributed by atoms with Gasteiger partial charge >= 0.3 is 0 Å². The molecule has 4 aliphatic carbocycles. The Morgan fingerprint density at radius 2 is 1.59 bits per heavy atom. The van der Waals surface area contributed by atoms with E-state index in [0.29, 0.717) is 42.3 Å². The molecule has 1 saturated heterocycles. The van der Waals surface area contributed by atoms with Gasteiger partial charge in [-0.2, -0.15) is 4.31 Å². The van der Waals surface area contributed by atoms with Gasteiger partial charge in [-0.3, -0.25) is 4.79 Å². The molecule has 1 amide bonds. The van der Waals surface area contributed by atoms with Crippen molar-refractivity contribution in [2.45, 2.75) is 69.3 Å². The summed E-state index contributed by atoms with van der Waals surface area (Å²) in [4.78, 5) is 13.2. The number of carbonyl (C=O) groups excluding carboxylic acids is 1. The first-order valence-electron chi connectivity index (χ1n) is 12.3. The minimum Gasteiger partial charge on any atom is -0.383 e. The number of carbonyl (C=O) groups is 1. The molecule has 1 aromatic carbocycles. The number of rotatable bonds is 6. The molecule has 1 heterocycles. The third kappa shape index (κ3) is 4.12. The van der Waals surface area contributed by atoms with Crippen LogP contribution in [-0.4, -0.2) is 49.5 Å². The molecule has 5 fully saturated rings. The number of benzene rings is 1. The van der Waals surface area contributed by atoms with Gasteiger partial charge in [0.2, 0.25) is 15.9 Å². The van der Waals surface area contributed by atoms with Crippen molar-refractivity contribution in [3.63, 3.8) is 0 Å². The second-order valence-electron chi connectivity index (χ2n) is 11.1. The number of sulfonamides is 1. The summed E-state index contributed by atoms with van der Waals surface area (Å²) >= 11 is 0. The molecule has 6 rings (SSSR count). The van der Waals surface area contributed by atoms with Crippen LogP contribution in [0.3, 0.4) is 0 Å². The van der Waals surface area contributed by atoms with Gasteiger partial charge in [0.25, 0.3) is 0 Å². The van der Waals surface area contributed by atoms with Gasteiger partial charge in [-0.1, -0.05) is 17.7 Å². The molecule has 1 unspecified atom stereocenters. The number of aryl methyl sites for hydroxylation is 1. The molecule has 4 saturated carbocycles. The predicted octanol–water partition coefficient (Wildman–Crippen LogP) is 3.09. The molecule has 32 heavy (non-hydrogen) atoms. The van der Waals surface area contributed by atoms with E-state index in [9.17, 15) is 18.3 Å². The number of piperidine rings is 1. The van der Waals surface area contributed by atoms with Gasteiger partial charge in [0.05, 0.1) is 4.90 Å². The van der Waals surface area contributed by atoms with Crippen LogP contribution in [0.25, 0.3) is 0 Å². The molecular formula is C25H36N2O4S. The number of nitrogens with one attached hydrogen (secondary N) is 1. The lowest BCUT2D eigenvalue weighted by atomic mass is 9.48. The Hall–Kier alpha value is -1.44. The summed E-state index contributed by atoms with van der Waals surface area (Å²) in [5, 5.41) is 14.0. The highest BCUT2D eigenvalue weighted by Crippen LogP contribution is 2.61. The Balaban J connectivity index is 1.13. The van der Waals surface area contributed by atoms with Crippen LogP contribution in [0.4, 0.5) is 0 Å². The maximum absolute atomic E-state index is 12.9. The van der Waals surface area contributed by atoms with E-state index >= 15 is 0 Å². The van der Waals surface area contributed by atoms with Gasteiger partial charge < -0.3 is 10.4 Å². The van der Waals surface area contributed by atoms with E-state index in [2.05, 4.69) is 5.32 Å². The summed E-state index contributed by atoms with van der Waals surface area (Å²) in [6.45, 7) is 3.39. The molecular weight excluding hydrogens is 424 g/mol. The minimum absolute atomic E-state index is 0.204. The van der Waals surface area contributed by atoms with Gasteiger partial charge in [0.1, 0.15) is 6.10 Å². The number of nitrogens with zero attached hydrogens (tertiary/aromatic N) is 1. The molecule has 1 aromatic rings. The van der Waals surface area contributed by atoms with E-state index in [4.69, 9.17) is 0 Å². The Labute approximate surface area is 191 Å². The SMILES string of the molecule is Cc1ccc(S(=O)(=O)N2CCC(CNC(=O)C(O)C34CC5CC(CC(C5)C3)C4)CC2)cc1. The molecule has 5 aliphatic rings. The maximum Gasteiger partial charge on any atom is 0.249 e. The predicted molar refractivity (Wildman–Crippen MR) is 122 cm³/mol. The number of aliphatic hydroxyl groups is 1. The lowest BCUT2D eigenvalue weighted by Gasteiger charge is -2.58. The highest BCUT2D eigenvalue weighted by Gasteiger charge is 2.55. The molecule has 0 spiro atoms. The van der Waals surface area contributed by atoms with Crippen molar-refractivity contribution in [3.05, 3.63) is 29.8 Å². The van der Waals surface area contributed by atoms with Crippen molar-refractivity contribution in [2.75, 3.05) is 19.6 Å². The molecule has 6 nitrogen and oxygen atoms in total. The van der Waals surface area contributed by atoms with Crippen molar-refractivity contribution < 1.29 is 18.3 Å². The zero-order valence-electron chi connectivity index (χ0n) is 19.0.